The van der Waals surface area contributed by atoms with Crippen LogP contribution in [0.25, 0.3) is 0 Å². The number of aliphatic imine (C=N–C) groups is 1. The molecule has 0 saturated carbocycles. The summed E-state index contributed by atoms with van der Waals surface area (Å²) in [6, 6.07) is 8.62. The molecule has 3 rings (SSSR count). The molecule has 0 spiro atoms. The molecule has 0 aliphatic carbocycles. The van der Waals surface area contributed by atoms with Gasteiger partial charge in [0.25, 0.3) is 0 Å². The second kappa shape index (κ2) is 9.98. The van der Waals surface area contributed by atoms with Gasteiger partial charge in [0.1, 0.15) is 0 Å². The number of thiophene rings is 1. The molecule has 5 nitrogen and oxygen atoms in total. The zero-order chi connectivity index (χ0) is 19.9. The molecule has 1 aliphatic rings. The Bertz CT molecular complexity index is 847. The number of thioether (sulfide) groups is 1. The fourth-order valence-electron chi connectivity index (χ4n) is 3.30. The maximum atomic E-state index is 12.5. The Labute approximate surface area is 175 Å². The van der Waals surface area contributed by atoms with Crippen molar-refractivity contribution in [1.82, 2.24) is 15.5 Å². The minimum absolute atomic E-state index is 0.197. The minimum atomic E-state index is 0.197. The lowest BCUT2D eigenvalue weighted by Gasteiger charge is -2.27. The van der Waals surface area contributed by atoms with Crippen LogP contribution in [-0.2, 0) is 24.3 Å². The average molecular weight is 417 g/mol. The van der Waals surface area contributed by atoms with Gasteiger partial charge in [-0.15, -0.1) is 23.1 Å². The summed E-state index contributed by atoms with van der Waals surface area (Å²) in [5.41, 5.74) is 3.82. The van der Waals surface area contributed by atoms with E-state index >= 15 is 0 Å². The van der Waals surface area contributed by atoms with Gasteiger partial charge >= 0.3 is 0 Å². The van der Waals surface area contributed by atoms with E-state index in [1.165, 1.54) is 26.5 Å². The zero-order valence-corrected chi connectivity index (χ0v) is 18.4. The van der Waals surface area contributed by atoms with Gasteiger partial charge in [-0.25, -0.2) is 0 Å². The number of amides is 1. The average Bonchev–Trinajstić information content (AvgIpc) is 3.18. The highest BCUT2D eigenvalue weighted by atomic mass is 32.2. The van der Waals surface area contributed by atoms with Crippen LogP contribution in [-0.4, -0.2) is 43.2 Å². The minimum Gasteiger partial charge on any atom is -0.356 e. The predicted octanol–water partition coefficient (Wildman–Crippen LogP) is 3.42. The van der Waals surface area contributed by atoms with Gasteiger partial charge in [-0.1, -0.05) is 12.1 Å². The lowest BCUT2D eigenvalue weighted by molar-refractivity contribution is -0.131. The number of guanidine groups is 1. The molecular formula is C21H28N4OS2. The maximum absolute atomic E-state index is 12.5. The first-order valence-electron chi connectivity index (χ1n) is 9.51. The normalized spacial score (nSPS) is 14.0. The van der Waals surface area contributed by atoms with Crippen molar-refractivity contribution in [2.45, 2.75) is 37.8 Å². The summed E-state index contributed by atoms with van der Waals surface area (Å²) in [6.07, 6.45) is 3.54. The molecule has 0 atom stereocenters. The van der Waals surface area contributed by atoms with Gasteiger partial charge in [0.05, 0.1) is 0 Å². The highest BCUT2D eigenvalue weighted by Crippen LogP contribution is 2.24. The van der Waals surface area contributed by atoms with Crippen molar-refractivity contribution in [3.05, 3.63) is 51.2 Å². The van der Waals surface area contributed by atoms with Crippen molar-refractivity contribution < 1.29 is 4.79 Å². The molecule has 2 N–H and O–H groups in total. The number of aryl methyl sites for hydroxylation is 1. The number of nitrogens with zero attached hydrogens (tertiary/aromatic N) is 2. The number of carbonyl (C=O) groups is 1. The van der Waals surface area contributed by atoms with Gasteiger partial charge in [0.2, 0.25) is 5.91 Å². The Morgan fingerprint density at radius 1 is 1.32 bits per heavy atom. The Kier molecular flexibility index (Phi) is 7.39. The van der Waals surface area contributed by atoms with Crippen molar-refractivity contribution in [2.24, 2.45) is 4.99 Å². The van der Waals surface area contributed by atoms with Crippen LogP contribution in [0.15, 0.2) is 39.5 Å². The summed E-state index contributed by atoms with van der Waals surface area (Å²) in [7, 11) is 1.75. The van der Waals surface area contributed by atoms with E-state index in [1.807, 2.05) is 4.90 Å². The Morgan fingerprint density at radius 2 is 2.18 bits per heavy atom. The van der Waals surface area contributed by atoms with Crippen LogP contribution in [0, 0.1) is 6.92 Å². The number of carbonyl (C=O) groups excluding carboxylic acids is 1. The molecule has 150 valence electrons. The van der Waals surface area contributed by atoms with E-state index in [0.717, 1.165) is 25.5 Å². The highest BCUT2D eigenvalue weighted by Gasteiger charge is 2.21. The third-order valence-corrected chi connectivity index (χ3v) is 6.75. The highest BCUT2D eigenvalue weighted by molar-refractivity contribution is 7.98. The smallest absolute Gasteiger partial charge is 0.224 e. The lowest BCUT2D eigenvalue weighted by atomic mass is 10.1. The van der Waals surface area contributed by atoms with Gasteiger partial charge in [-0.3, -0.25) is 9.79 Å². The second-order valence-electron chi connectivity index (χ2n) is 6.85. The van der Waals surface area contributed by atoms with E-state index in [2.05, 4.69) is 58.5 Å². The number of fused-ring (bicyclic) bond motifs is 1. The number of rotatable bonds is 6. The second-order valence-corrected chi connectivity index (χ2v) is 8.70. The number of hydrogen-bond donors (Lipinski definition) is 2. The molecule has 0 unspecified atom stereocenters. The van der Waals surface area contributed by atoms with Crippen molar-refractivity contribution in [3.63, 3.8) is 0 Å². The summed E-state index contributed by atoms with van der Waals surface area (Å²) in [5, 5.41) is 8.72. The third kappa shape index (κ3) is 5.29. The van der Waals surface area contributed by atoms with Crippen LogP contribution >= 0.6 is 23.1 Å². The van der Waals surface area contributed by atoms with Crippen LogP contribution in [0.5, 0.6) is 0 Å². The summed E-state index contributed by atoms with van der Waals surface area (Å²) < 4.78 is 0. The molecule has 0 bridgehead atoms. The van der Waals surface area contributed by atoms with Crippen molar-refractivity contribution in [1.29, 1.82) is 0 Å². The van der Waals surface area contributed by atoms with E-state index in [9.17, 15) is 4.79 Å². The fourth-order valence-corrected chi connectivity index (χ4v) is 4.90. The van der Waals surface area contributed by atoms with Gasteiger partial charge in [0.15, 0.2) is 5.96 Å². The fraction of sp³-hybridized carbons (Fsp3) is 0.429. The monoisotopic (exact) mass is 416 g/mol. The molecule has 1 aromatic heterocycles. The molecule has 1 aromatic carbocycles. The van der Waals surface area contributed by atoms with Crippen LogP contribution < -0.4 is 10.6 Å². The first kappa shape index (κ1) is 20.7. The summed E-state index contributed by atoms with van der Waals surface area (Å²) >= 11 is 3.55. The van der Waals surface area contributed by atoms with Crippen LogP contribution in [0.3, 0.4) is 0 Å². The predicted molar refractivity (Wildman–Crippen MR) is 119 cm³/mol. The van der Waals surface area contributed by atoms with Crippen molar-refractivity contribution in [3.8, 4) is 0 Å². The van der Waals surface area contributed by atoms with E-state index in [-0.39, 0.29) is 5.91 Å². The molecule has 28 heavy (non-hydrogen) atoms. The molecule has 1 aliphatic heterocycles. The van der Waals surface area contributed by atoms with Crippen LogP contribution in [0.4, 0.5) is 0 Å². The summed E-state index contributed by atoms with van der Waals surface area (Å²) in [6.45, 7) is 4.96. The number of benzene rings is 1. The van der Waals surface area contributed by atoms with Crippen LogP contribution in [0.1, 0.15) is 28.0 Å². The number of nitrogens with one attached hydrogen (secondary N) is 2. The third-order valence-electron chi connectivity index (χ3n) is 4.90. The topological polar surface area (TPSA) is 56.7 Å². The van der Waals surface area contributed by atoms with E-state index in [4.69, 9.17) is 0 Å². The zero-order valence-electron chi connectivity index (χ0n) is 16.7. The van der Waals surface area contributed by atoms with Gasteiger partial charge in [0, 0.05) is 49.4 Å². The quantitative estimate of drug-likeness (QED) is 0.430. The molecule has 0 radical (unpaired) electrons. The standard InChI is InChI=1S/C21H28N4OS2/c1-15-4-5-16(19(12-15)27-3)13-24-21(22-2)23-9-6-20(26)25-10-7-18-17(14-25)8-11-28-18/h4-5,8,11-12H,6-7,9-10,13-14H2,1-3H3,(H2,22,23,24). The van der Waals surface area contributed by atoms with Gasteiger partial charge < -0.3 is 15.5 Å². The molecule has 0 fully saturated rings. The molecule has 7 heteroatoms. The molecule has 2 heterocycles. The SMILES string of the molecule is CN=C(NCCC(=O)N1CCc2sccc2C1)NCc1ccc(C)cc1SC. The Balaban J connectivity index is 1.44. The summed E-state index contributed by atoms with van der Waals surface area (Å²) in [5.74, 6) is 0.919. The maximum Gasteiger partial charge on any atom is 0.224 e. The largest absolute Gasteiger partial charge is 0.356 e. The Morgan fingerprint density at radius 3 is 2.96 bits per heavy atom. The lowest BCUT2D eigenvalue weighted by Crippen LogP contribution is -2.40. The Hall–Kier alpha value is -1.99. The molecule has 2 aromatic rings. The van der Waals surface area contributed by atoms with E-state index in [0.29, 0.717) is 19.5 Å². The van der Waals surface area contributed by atoms with Gasteiger partial charge in [-0.2, -0.15) is 0 Å². The first-order valence-corrected chi connectivity index (χ1v) is 11.6. The molecule has 1 amide bonds. The molecular weight excluding hydrogens is 388 g/mol. The summed E-state index contributed by atoms with van der Waals surface area (Å²) in [4.78, 5) is 21.5. The molecule has 0 saturated heterocycles. The van der Waals surface area contributed by atoms with Crippen LogP contribution in [0.2, 0.25) is 0 Å². The number of hydrogen-bond acceptors (Lipinski definition) is 4. The van der Waals surface area contributed by atoms with Gasteiger partial charge in [-0.05, 0) is 53.8 Å². The van der Waals surface area contributed by atoms with Crippen molar-refractivity contribution >= 4 is 35.0 Å². The first-order chi connectivity index (χ1) is 13.6. The van der Waals surface area contributed by atoms with E-state index < -0.39 is 0 Å². The van der Waals surface area contributed by atoms with E-state index in [1.54, 1.807) is 30.1 Å². The van der Waals surface area contributed by atoms with Crippen molar-refractivity contribution in [2.75, 3.05) is 26.4 Å².